The van der Waals surface area contributed by atoms with E-state index in [0.717, 1.165) is 18.4 Å². The summed E-state index contributed by atoms with van der Waals surface area (Å²) in [5.41, 5.74) is 1.36. The van der Waals surface area contributed by atoms with Crippen molar-refractivity contribution >= 4 is 29.1 Å². The van der Waals surface area contributed by atoms with Gasteiger partial charge in [0.1, 0.15) is 18.5 Å². The van der Waals surface area contributed by atoms with Crippen LogP contribution in [0, 0.1) is 11.7 Å². The molecule has 0 aromatic heterocycles. The zero-order valence-electron chi connectivity index (χ0n) is 15.0. The van der Waals surface area contributed by atoms with Crippen molar-refractivity contribution in [1.82, 2.24) is 4.90 Å². The minimum atomic E-state index is -0.593. The first-order chi connectivity index (χ1) is 13.5. The molecule has 4 rings (SSSR count). The SMILES string of the molecule is O=C1CO[C@H](c2cccc(Cl)c2)[C@@H](c2ccc(Cl)c(F)c2)N1[C@H](CO)C1CC1. The van der Waals surface area contributed by atoms with Crippen LogP contribution in [0.5, 0.6) is 0 Å². The summed E-state index contributed by atoms with van der Waals surface area (Å²) in [5.74, 6) is -0.537. The molecular weight excluding hydrogens is 404 g/mol. The fraction of sp³-hybridized carbons (Fsp3) is 0.381. The van der Waals surface area contributed by atoms with Gasteiger partial charge >= 0.3 is 0 Å². The van der Waals surface area contributed by atoms with E-state index in [1.807, 2.05) is 12.1 Å². The van der Waals surface area contributed by atoms with E-state index in [9.17, 15) is 14.3 Å². The first kappa shape index (κ1) is 19.6. The fourth-order valence-electron chi connectivity index (χ4n) is 3.96. The molecule has 2 aromatic carbocycles. The molecule has 1 aliphatic carbocycles. The standard InChI is InChI=1S/C21H20Cl2FNO3/c22-15-3-1-2-14(8-15)21-20(13-6-7-16(23)17(24)9-13)25(19(27)11-28-21)18(10-26)12-4-5-12/h1-3,6-9,12,18,20-21,26H,4-5,10-11H2/t18-,20-,21-/m1/s1. The molecule has 2 fully saturated rings. The van der Waals surface area contributed by atoms with Gasteiger partial charge < -0.3 is 14.7 Å². The molecule has 4 nitrogen and oxygen atoms in total. The minimum Gasteiger partial charge on any atom is -0.394 e. The summed E-state index contributed by atoms with van der Waals surface area (Å²) in [7, 11) is 0. The summed E-state index contributed by atoms with van der Waals surface area (Å²) in [5, 5.41) is 10.6. The Hall–Kier alpha value is -1.66. The predicted molar refractivity (Wildman–Crippen MR) is 105 cm³/mol. The first-order valence-corrected chi connectivity index (χ1v) is 9.99. The molecule has 1 N–H and O–H groups in total. The molecule has 0 radical (unpaired) electrons. The highest BCUT2D eigenvalue weighted by molar-refractivity contribution is 6.31. The summed E-state index contributed by atoms with van der Waals surface area (Å²) in [4.78, 5) is 14.5. The normalized spacial score (nSPS) is 23.7. The van der Waals surface area contributed by atoms with Gasteiger partial charge in [-0.15, -0.1) is 0 Å². The Balaban J connectivity index is 1.82. The summed E-state index contributed by atoms with van der Waals surface area (Å²) in [6.45, 7) is -0.252. The molecule has 148 valence electrons. The van der Waals surface area contributed by atoms with Gasteiger partial charge in [-0.25, -0.2) is 4.39 Å². The zero-order chi connectivity index (χ0) is 19.8. The van der Waals surface area contributed by atoms with Crippen LogP contribution in [0.1, 0.15) is 36.1 Å². The Bertz CT molecular complexity index is 890. The number of carbonyl (C=O) groups is 1. The summed E-state index contributed by atoms with van der Waals surface area (Å²) in [6, 6.07) is 10.8. The van der Waals surface area contributed by atoms with Gasteiger partial charge in [-0.1, -0.05) is 41.4 Å². The van der Waals surface area contributed by atoms with E-state index in [4.69, 9.17) is 27.9 Å². The fourth-order valence-corrected chi connectivity index (χ4v) is 4.27. The molecule has 2 aromatic rings. The van der Waals surface area contributed by atoms with Crippen LogP contribution >= 0.6 is 23.2 Å². The van der Waals surface area contributed by atoms with Crippen LogP contribution in [0.3, 0.4) is 0 Å². The van der Waals surface area contributed by atoms with Crippen molar-refractivity contribution in [3.8, 4) is 0 Å². The first-order valence-electron chi connectivity index (χ1n) is 9.23. The smallest absolute Gasteiger partial charge is 0.249 e. The molecule has 1 amide bonds. The molecule has 0 unspecified atom stereocenters. The average molecular weight is 424 g/mol. The lowest BCUT2D eigenvalue weighted by Gasteiger charge is -2.45. The van der Waals surface area contributed by atoms with Gasteiger partial charge in [0, 0.05) is 5.02 Å². The molecule has 3 atom stereocenters. The Kier molecular flexibility index (Phi) is 5.61. The Labute approximate surface area is 172 Å². The molecule has 2 aliphatic rings. The van der Waals surface area contributed by atoms with E-state index in [-0.39, 0.29) is 36.1 Å². The maximum Gasteiger partial charge on any atom is 0.249 e. The monoisotopic (exact) mass is 423 g/mol. The van der Waals surface area contributed by atoms with Gasteiger partial charge in [-0.3, -0.25) is 4.79 Å². The maximum absolute atomic E-state index is 14.3. The van der Waals surface area contributed by atoms with Crippen molar-refractivity contribution in [1.29, 1.82) is 0 Å². The number of nitrogens with zero attached hydrogens (tertiary/aromatic N) is 1. The van der Waals surface area contributed by atoms with Crippen molar-refractivity contribution < 1.29 is 19.0 Å². The molecule has 1 aliphatic heterocycles. The van der Waals surface area contributed by atoms with Crippen LogP contribution < -0.4 is 0 Å². The second kappa shape index (κ2) is 7.99. The molecule has 1 heterocycles. The third-order valence-electron chi connectivity index (χ3n) is 5.43. The summed E-state index contributed by atoms with van der Waals surface area (Å²) >= 11 is 12.0. The van der Waals surface area contributed by atoms with E-state index >= 15 is 0 Å². The van der Waals surface area contributed by atoms with Crippen LogP contribution in [0.15, 0.2) is 42.5 Å². The molecule has 1 saturated heterocycles. The van der Waals surface area contributed by atoms with Crippen molar-refractivity contribution in [2.45, 2.75) is 31.0 Å². The lowest BCUT2D eigenvalue weighted by molar-refractivity contribution is -0.165. The second-order valence-corrected chi connectivity index (χ2v) is 8.14. The number of rotatable bonds is 5. The number of benzene rings is 2. The highest BCUT2D eigenvalue weighted by atomic mass is 35.5. The van der Waals surface area contributed by atoms with Crippen molar-refractivity contribution in [3.05, 3.63) is 69.5 Å². The van der Waals surface area contributed by atoms with Crippen LogP contribution in [0.2, 0.25) is 10.0 Å². The van der Waals surface area contributed by atoms with Crippen LogP contribution in [0.4, 0.5) is 4.39 Å². The lowest BCUT2D eigenvalue weighted by atomic mass is 9.90. The third kappa shape index (κ3) is 3.77. The van der Waals surface area contributed by atoms with Gasteiger partial charge in [0.2, 0.25) is 5.91 Å². The van der Waals surface area contributed by atoms with E-state index in [1.54, 1.807) is 23.1 Å². The molecule has 1 saturated carbocycles. The van der Waals surface area contributed by atoms with Crippen molar-refractivity contribution in [2.75, 3.05) is 13.2 Å². The maximum atomic E-state index is 14.3. The van der Waals surface area contributed by atoms with E-state index in [1.165, 1.54) is 12.1 Å². The van der Waals surface area contributed by atoms with Crippen LogP contribution in [-0.4, -0.2) is 35.2 Å². The quantitative estimate of drug-likeness (QED) is 0.767. The molecular formula is C21H20Cl2FNO3. The Morgan fingerprint density at radius 3 is 2.61 bits per heavy atom. The molecule has 0 spiro atoms. The predicted octanol–water partition coefficient (Wildman–Crippen LogP) is 4.54. The highest BCUT2D eigenvalue weighted by Gasteiger charge is 2.46. The number of morpholine rings is 1. The van der Waals surface area contributed by atoms with Gasteiger partial charge in [0.25, 0.3) is 0 Å². The average Bonchev–Trinajstić information content (AvgIpc) is 3.51. The number of hydrogen-bond acceptors (Lipinski definition) is 3. The molecule has 28 heavy (non-hydrogen) atoms. The van der Waals surface area contributed by atoms with Gasteiger partial charge in [-0.05, 0) is 54.2 Å². The number of aliphatic hydroxyl groups is 1. The molecule has 7 heteroatoms. The lowest BCUT2D eigenvalue weighted by Crippen LogP contribution is -2.52. The largest absolute Gasteiger partial charge is 0.394 e. The number of amides is 1. The van der Waals surface area contributed by atoms with Crippen LogP contribution in [0.25, 0.3) is 0 Å². The van der Waals surface area contributed by atoms with Gasteiger partial charge in [-0.2, -0.15) is 0 Å². The Morgan fingerprint density at radius 1 is 1.18 bits per heavy atom. The number of halogens is 3. The number of aliphatic hydroxyl groups excluding tert-OH is 1. The second-order valence-electron chi connectivity index (χ2n) is 7.29. The summed E-state index contributed by atoms with van der Waals surface area (Å²) < 4.78 is 20.2. The van der Waals surface area contributed by atoms with Gasteiger partial charge in [0.15, 0.2) is 0 Å². The minimum absolute atomic E-state index is 0.0126. The number of hydrogen-bond donors (Lipinski definition) is 1. The van der Waals surface area contributed by atoms with E-state index < -0.39 is 18.0 Å². The van der Waals surface area contributed by atoms with E-state index in [2.05, 4.69) is 0 Å². The summed E-state index contributed by atoms with van der Waals surface area (Å²) in [6.07, 6.45) is 1.38. The third-order valence-corrected chi connectivity index (χ3v) is 5.98. The van der Waals surface area contributed by atoms with Gasteiger partial charge in [0.05, 0.1) is 23.7 Å². The van der Waals surface area contributed by atoms with Crippen molar-refractivity contribution in [2.24, 2.45) is 5.92 Å². The zero-order valence-corrected chi connectivity index (χ0v) is 16.5. The van der Waals surface area contributed by atoms with E-state index in [0.29, 0.717) is 10.6 Å². The molecule has 0 bridgehead atoms. The highest BCUT2D eigenvalue weighted by Crippen LogP contribution is 2.46. The van der Waals surface area contributed by atoms with Crippen LogP contribution in [-0.2, 0) is 9.53 Å². The number of carbonyl (C=O) groups excluding carboxylic acids is 1. The topological polar surface area (TPSA) is 49.8 Å². The van der Waals surface area contributed by atoms with Crippen molar-refractivity contribution in [3.63, 3.8) is 0 Å². The Morgan fingerprint density at radius 2 is 1.96 bits per heavy atom. The number of ether oxygens (including phenoxy) is 1.